The summed E-state index contributed by atoms with van der Waals surface area (Å²) in [4.78, 5) is 6.91. The molecule has 3 rings (SSSR count). The monoisotopic (exact) mass is 260 g/mol. The highest BCUT2D eigenvalue weighted by Crippen LogP contribution is 2.11. The van der Waals surface area contributed by atoms with Crippen LogP contribution in [0.3, 0.4) is 0 Å². The lowest BCUT2D eigenvalue weighted by Gasteiger charge is -2.26. The Kier molecular flexibility index (Phi) is 3.66. The minimum atomic E-state index is 0.759. The summed E-state index contributed by atoms with van der Waals surface area (Å²) in [6.07, 6.45) is 3.89. The van der Waals surface area contributed by atoms with Crippen LogP contribution in [-0.4, -0.2) is 40.6 Å². The van der Waals surface area contributed by atoms with Crippen LogP contribution >= 0.6 is 0 Å². The molecule has 1 N–H and O–H groups in total. The number of furan rings is 1. The van der Waals surface area contributed by atoms with Crippen LogP contribution in [-0.2, 0) is 13.1 Å². The van der Waals surface area contributed by atoms with Crippen LogP contribution in [0.25, 0.3) is 0 Å². The van der Waals surface area contributed by atoms with Gasteiger partial charge in [-0.2, -0.15) is 0 Å². The van der Waals surface area contributed by atoms with Gasteiger partial charge in [0.1, 0.15) is 17.3 Å². The van der Waals surface area contributed by atoms with Crippen molar-refractivity contribution in [2.45, 2.75) is 20.0 Å². The van der Waals surface area contributed by atoms with Gasteiger partial charge in [0, 0.05) is 38.6 Å². The van der Waals surface area contributed by atoms with Gasteiger partial charge in [-0.1, -0.05) is 0 Å². The summed E-state index contributed by atoms with van der Waals surface area (Å²) in [6, 6.07) is 4.03. The second-order valence-corrected chi connectivity index (χ2v) is 5.01. The fraction of sp³-hybridized carbons (Fsp3) is 0.500. The molecule has 102 valence electrons. The standard InChI is InChI=1S/C14H20N4O/c1-12-2-3-13(19-12)10-18-9-6-16-14(18)11-17-7-4-15-5-8-17/h2-3,6,9,15H,4-5,7-8,10-11H2,1H3. The van der Waals surface area contributed by atoms with Crippen LogP contribution in [0.1, 0.15) is 17.3 Å². The van der Waals surface area contributed by atoms with Crippen molar-refractivity contribution in [2.75, 3.05) is 26.2 Å². The van der Waals surface area contributed by atoms with Crippen LogP contribution in [0.5, 0.6) is 0 Å². The molecule has 3 heterocycles. The van der Waals surface area contributed by atoms with Gasteiger partial charge >= 0.3 is 0 Å². The molecular formula is C14H20N4O. The van der Waals surface area contributed by atoms with Crippen molar-refractivity contribution in [3.63, 3.8) is 0 Å². The number of nitrogens with one attached hydrogen (secondary N) is 1. The fourth-order valence-electron chi connectivity index (χ4n) is 2.44. The van der Waals surface area contributed by atoms with Crippen LogP contribution in [0.15, 0.2) is 28.9 Å². The lowest BCUT2D eigenvalue weighted by atomic mass is 10.3. The summed E-state index contributed by atoms with van der Waals surface area (Å²) < 4.78 is 7.80. The maximum absolute atomic E-state index is 5.63. The molecule has 1 aliphatic rings. The Morgan fingerprint density at radius 3 is 2.84 bits per heavy atom. The smallest absolute Gasteiger partial charge is 0.123 e. The third kappa shape index (κ3) is 3.05. The second-order valence-electron chi connectivity index (χ2n) is 5.01. The van der Waals surface area contributed by atoms with E-state index in [1.807, 2.05) is 31.5 Å². The first-order valence-electron chi connectivity index (χ1n) is 6.80. The zero-order valence-corrected chi connectivity index (χ0v) is 11.3. The Hall–Kier alpha value is -1.59. The van der Waals surface area contributed by atoms with E-state index in [2.05, 4.69) is 19.8 Å². The Bertz CT molecular complexity index is 525. The van der Waals surface area contributed by atoms with Gasteiger partial charge in [0.05, 0.1) is 13.1 Å². The topological polar surface area (TPSA) is 46.2 Å². The molecule has 19 heavy (non-hydrogen) atoms. The van der Waals surface area contributed by atoms with Gasteiger partial charge in [0.2, 0.25) is 0 Å². The van der Waals surface area contributed by atoms with Crippen molar-refractivity contribution in [3.05, 3.63) is 41.9 Å². The van der Waals surface area contributed by atoms with Crippen LogP contribution < -0.4 is 5.32 Å². The molecule has 0 bridgehead atoms. The van der Waals surface area contributed by atoms with Crippen molar-refractivity contribution in [3.8, 4) is 0 Å². The van der Waals surface area contributed by atoms with Gasteiger partial charge in [-0.05, 0) is 19.1 Å². The highest BCUT2D eigenvalue weighted by atomic mass is 16.3. The van der Waals surface area contributed by atoms with Crippen LogP contribution in [0.4, 0.5) is 0 Å². The molecule has 0 unspecified atom stereocenters. The molecule has 0 amide bonds. The predicted molar refractivity (Wildman–Crippen MR) is 72.9 cm³/mol. The third-order valence-corrected chi connectivity index (χ3v) is 3.50. The van der Waals surface area contributed by atoms with E-state index >= 15 is 0 Å². The third-order valence-electron chi connectivity index (χ3n) is 3.50. The molecule has 5 nitrogen and oxygen atoms in total. The lowest BCUT2D eigenvalue weighted by Crippen LogP contribution is -2.43. The number of hydrogen-bond donors (Lipinski definition) is 1. The van der Waals surface area contributed by atoms with Gasteiger partial charge in [0.25, 0.3) is 0 Å². The van der Waals surface area contributed by atoms with Crippen LogP contribution in [0.2, 0.25) is 0 Å². The summed E-state index contributed by atoms with van der Waals surface area (Å²) in [5.41, 5.74) is 0. The average molecular weight is 260 g/mol. The van der Waals surface area contributed by atoms with E-state index in [-0.39, 0.29) is 0 Å². The molecule has 0 spiro atoms. The van der Waals surface area contributed by atoms with E-state index in [4.69, 9.17) is 4.42 Å². The number of piperazine rings is 1. The maximum Gasteiger partial charge on any atom is 0.123 e. The summed E-state index contributed by atoms with van der Waals surface area (Å²) in [5, 5.41) is 3.37. The van der Waals surface area contributed by atoms with Crippen molar-refractivity contribution < 1.29 is 4.42 Å². The Morgan fingerprint density at radius 2 is 2.11 bits per heavy atom. The molecule has 0 aliphatic carbocycles. The first-order chi connectivity index (χ1) is 9.31. The quantitative estimate of drug-likeness (QED) is 0.898. The van der Waals surface area contributed by atoms with E-state index in [9.17, 15) is 0 Å². The largest absolute Gasteiger partial charge is 0.464 e. The maximum atomic E-state index is 5.63. The number of hydrogen-bond acceptors (Lipinski definition) is 4. The second kappa shape index (κ2) is 5.59. The minimum Gasteiger partial charge on any atom is -0.464 e. The number of rotatable bonds is 4. The summed E-state index contributed by atoms with van der Waals surface area (Å²) >= 11 is 0. The zero-order chi connectivity index (χ0) is 13.1. The first kappa shape index (κ1) is 12.4. The predicted octanol–water partition coefficient (Wildman–Crippen LogP) is 1.24. The molecular weight excluding hydrogens is 240 g/mol. The highest BCUT2D eigenvalue weighted by Gasteiger charge is 2.13. The SMILES string of the molecule is Cc1ccc(Cn2ccnc2CN2CCNCC2)o1. The molecule has 0 aromatic carbocycles. The van der Waals surface area contributed by atoms with Gasteiger partial charge in [0.15, 0.2) is 0 Å². The Morgan fingerprint density at radius 1 is 1.26 bits per heavy atom. The van der Waals surface area contributed by atoms with E-state index in [1.165, 1.54) is 0 Å². The summed E-state index contributed by atoms with van der Waals surface area (Å²) in [5.74, 6) is 3.05. The number of aromatic nitrogens is 2. The molecule has 0 saturated carbocycles. The summed E-state index contributed by atoms with van der Waals surface area (Å²) in [6.45, 7) is 7.96. The molecule has 2 aromatic rings. The highest BCUT2D eigenvalue weighted by molar-refractivity contribution is 5.07. The Labute approximate surface area is 113 Å². The fourth-order valence-corrected chi connectivity index (χ4v) is 2.44. The van der Waals surface area contributed by atoms with Gasteiger partial charge in [-0.25, -0.2) is 4.98 Å². The molecule has 1 aliphatic heterocycles. The van der Waals surface area contributed by atoms with E-state index in [1.54, 1.807) is 0 Å². The normalized spacial score (nSPS) is 16.9. The van der Waals surface area contributed by atoms with E-state index in [0.717, 1.165) is 56.6 Å². The Balaban J connectivity index is 1.67. The van der Waals surface area contributed by atoms with Crippen LogP contribution in [0, 0.1) is 6.92 Å². The first-order valence-corrected chi connectivity index (χ1v) is 6.80. The van der Waals surface area contributed by atoms with E-state index < -0.39 is 0 Å². The van der Waals surface area contributed by atoms with Crippen molar-refractivity contribution >= 4 is 0 Å². The minimum absolute atomic E-state index is 0.759. The average Bonchev–Trinajstić information content (AvgIpc) is 3.01. The lowest BCUT2D eigenvalue weighted by molar-refractivity contribution is 0.225. The molecule has 1 fully saturated rings. The van der Waals surface area contributed by atoms with Gasteiger partial charge < -0.3 is 14.3 Å². The number of aryl methyl sites for hydroxylation is 1. The van der Waals surface area contributed by atoms with Crippen molar-refractivity contribution in [1.82, 2.24) is 19.8 Å². The molecule has 0 radical (unpaired) electrons. The van der Waals surface area contributed by atoms with E-state index in [0.29, 0.717) is 0 Å². The molecule has 2 aromatic heterocycles. The van der Waals surface area contributed by atoms with Gasteiger partial charge in [-0.3, -0.25) is 4.90 Å². The molecule has 1 saturated heterocycles. The van der Waals surface area contributed by atoms with Gasteiger partial charge in [-0.15, -0.1) is 0 Å². The number of nitrogens with zero attached hydrogens (tertiary/aromatic N) is 3. The van der Waals surface area contributed by atoms with Crippen molar-refractivity contribution in [2.24, 2.45) is 0 Å². The van der Waals surface area contributed by atoms with Crippen molar-refractivity contribution in [1.29, 1.82) is 0 Å². The molecule has 0 atom stereocenters. The number of imidazole rings is 1. The summed E-state index contributed by atoms with van der Waals surface area (Å²) in [7, 11) is 0. The zero-order valence-electron chi connectivity index (χ0n) is 11.3. The molecule has 5 heteroatoms.